The highest BCUT2D eigenvalue weighted by Gasteiger charge is 2.54. The molecular weight excluding hydrogens is 739 g/mol. The first-order valence-corrected chi connectivity index (χ1v) is 19.0. The second kappa shape index (κ2) is 17.7. The molecular formula is C40H43Cl3N4O6. The maximum absolute atomic E-state index is 12.1. The van der Waals surface area contributed by atoms with Crippen molar-refractivity contribution in [3.8, 4) is 17.6 Å². The van der Waals surface area contributed by atoms with E-state index in [0.717, 1.165) is 37.9 Å². The zero-order valence-corrected chi connectivity index (χ0v) is 31.6. The first-order valence-electron chi connectivity index (χ1n) is 17.8. The average molecular weight is 782 g/mol. The largest absolute Gasteiger partial charge is 0.488 e. The van der Waals surface area contributed by atoms with Gasteiger partial charge in [0.1, 0.15) is 36.8 Å². The van der Waals surface area contributed by atoms with Crippen molar-refractivity contribution in [2.75, 3.05) is 39.4 Å². The van der Waals surface area contributed by atoms with E-state index in [-0.39, 0.29) is 19.3 Å². The molecule has 53 heavy (non-hydrogen) atoms. The molecule has 10 nitrogen and oxygen atoms in total. The highest BCUT2D eigenvalue weighted by molar-refractivity contribution is 6.55. The van der Waals surface area contributed by atoms with Gasteiger partial charge in [0.25, 0.3) is 0 Å². The van der Waals surface area contributed by atoms with E-state index >= 15 is 0 Å². The number of carboxylic acids is 1. The van der Waals surface area contributed by atoms with Gasteiger partial charge < -0.3 is 29.3 Å². The van der Waals surface area contributed by atoms with Crippen molar-refractivity contribution in [1.29, 1.82) is 5.26 Å². The number of alkyl halides is 2. The number of likely N-dealkylation sites (tertiary alicyclic amines) is 2. The van der Waals surface area contributed by atoms with Crippen LogP contribution in [-0.2, 0) is 22.7 Å². The summed E-state index contributed by atoms with van der Waals surface area (Å²) in [5, 5.41) is 29.6. The van der Waals surface area contributed by atoms with E-state index < -0.39 is 21.9 Å². The highest BCUT2D eigenvalue weighted by atomic mass is 35.5. The first kappa shape index (κ1) is 39.0. The van der Waals surface area contributed by atoms with Crippen LogP contribution in [0, 0.1) is 11.3 Å². The third-order valence-electron chi connectivity index (χ3n) is 9.96. The van der Waals surface area contributed by atoms with Gasteiger partial charge in [-0.25, -0.2) is 0 Å². The molecule has 3 heterocycles. The van der Waals surface area contributed by atoms with Crippen molar-refractivity contribution in [3.05, 3.63) is 106 Å². The molecule has 3 aliphatic rings. The normalized spacial score (nSPS) is 23.0. The van der Waals surface area contributed by atoms with Gasteiger partial charge in [0.05, 0.1) is 16.7 Å². The van der Waals surface area contributed by atoms with Crippen molar-refractivity contribution in [2.45, 2.75) is 67.3 Å². The van der Waals surface area contributed by atoms with E-state index in [1.807, 2.05) is 53.5 Å². The molecule has 13 heteroatoms. The van der Waals surface area contributed by atoms with Gasteiger partial charge >= 0.3 is 5.97 Å². The highest BCUT2D eigenvalue weighted by Crippen LogP contribution is 2.51. The van der Waals surface area contributed by atoms with E-state index in [2.05, 4.69) is 16.0 Å². The maximum atomic E-state index is 12.1. The van der Waals surface area contributed by atoms with Gasteiger partial charge in [-0.05, 0) is 61.6 Å². The predicted molar refractivity (Wildman–Crippen MR) is 204 cm³/mol. The number of pyridine rings is 1. The summed E-state index contributed by atoms with van der Waals surface area (Å²) < 4.78 is 17.9. The number of aliphatic hydroxyl groups excluding tert-OH is 1. The molecule has 2 saturated heterocycles. The van der Waals surface area contributed by atoms with Crippen LogP contribution in [-0.4, -0.2) is 92.4 Å². The topological polar surface area (TPSA) is 128 Å². The van der Waals surface area contributed by atoms with E-state index in [1.165, 1.54) is 6.20 Å². The molecule has 0 spiro atoms. The van der Waals surface area contributed by atoms with E-state index in [9.17, 15) is 20.3 Å². The molecule has 6 rings (SSSR count). The Hall–Kier alpha value is -3.66. The minimum absolute atomic E-state index is 0.0977. The van der Waals surface area contributed by atoms with Crippen LogP contribution in [0.25, 0.3) is 5.57 Å². The maximum Gasteiger partial charge on any atom is 0.320 e. The lowest BCUT2D eigenvalue weighted by Crippen LogP contribution is -2.53. The summed E-state index contributed by atoms with van der Waals surface area (Å²) in [6.07, 6.45) is 12.1. The average Bonchev–Trinajstić information content (AvgIpc) is 3.58. The lowest BCUT2D eigenvalue weighted by Gasteiger charge is -2.43. The molecule has 3 atom stereocenters. The Morgan fingerprint density at radius 2 is 1.89 bits per heavy atom. The number of halogens is 3. The summed E-state index contributed by atoms with van der Waals surface area (Å²) in [6.45, 7) is 3.44. The SMILES string of the molecule is N#Cc1cncc(COc2cc(OCC3(OCCCN4CC[C@@H](O)C4)C=CC=C(c4ccccc4)C3(Cl)Cl)c(Cl)cc2CN2CCCC[C@H]2C(=O)O)c1. The lowest BCUT2D eigenvalue weighted by atomic mass is 9.85. The quantitative estimate of drug-likeness (QED) is 0.122. The molecule has 2 aromatic carbocycles. The summed E-state index contributed by atoms with van der Waals surface area (Å²) in [5.74, 6) is -0.127. The second-order valence-electron chi connectivity index (χ2n) is 13.7. The zero-order valence-electron chi connectivity index (χ0n) is 29.3. The van der Waals surface area contributed by atoms with E-state index in [1.54, 1.807) is 24.4 Å². The van der Waals surface area contributed by atoms with Crippen molar-refractivity contribution in [3.63, 3.8) is 0 Å². The summed E-state index contributed by atoms with van der Waals surface area (Å²) in [6, 6.07) is 16.2. The number of nitriles is 1. The van der Waals surface area contributed by atoms with Gasteiger partial charge in [0.2, 0.25) is 0 Å². The number of aliphatic hydroxyl groups is 1. The van der Waals surface area contributed by atoms with Gasteiger partial charge in [0.15, 0.2) is 9.93 Å². The van der Waals surface area contributed by atoms with Crippen LogP contribution in [0.3, 0.4) is 0 Å². The number of hydrogen-bond donors (Lipinski definition) is 2. The Labute approximate surface area is 325 Å². The Morgan fingerprint density at radius 3 is 2.64 bits per heavy atom. The molecule has 2 aliphatic heterocycles. The number of carboxylic acid groups (broad SMARTS) is 1. The third-order valence-corrected chi connectivity index (χ3v) is 11.3. The Morgan fingerprint density at radius 1 is 1.06 bits per heavy atom. The molecule has 0 bridgehead atoms. The van der Waals surface area contributed by atoms with Crippen molar-refractivity contribution in [2.24, 2.45) is 0 Å². The van der Waals surface area contributed by atoms with Crippen molar-refractivity contribution in [1.82, 2.24) is 14.8 Å². The smallest absolute Gasteiger partial charge is 0.320 e. The predicted octanol–water partition coefficient (Wildman–Crippen LogP) is 7.04. The molecule has 1 aromatic heterocycles. The Kier molecular flexibility index (Phi) is 13.0. The monoisotopic (exact) mass is 780 g/mol. The number of hydrogen-bond acceptors (Lipinski definition) is 9. The van der Waals surface area contributed by atoms with Gasteiger partial charge in [0, 0.05) is 62.4 Å². The number of aliphatic carboxylic acids is 1. The molecule has 0 amide bonds. The number of β-amino-alcohol motifs (C(OH)–C–C–N with tert-alkyl or cyclic N) is 1. The van der Waals surface area contributed by atoms with E-state index in [0.29, 0.717) is 77.9 Å². The van der Waals surface area contributed by atoms with Crippen LogP contribution in [0.1, 0.15) is 54.4 Å². The number of nitrogens with zero attached hydrogens (tertiary/aromatic N) is 4. The van der Waals surface area contributed by atoms with Crippen molar-refractivity contribution < 1.29 is 29.2 Å². The Bertz CT molecular complexity index is 1850. The molecule has 3 aromatic rings. The molecule has 0 saturated carbocycles. The minimum Gasteiger partial charge on any atom is -0.488 e. The van der Waals surface area contributed by atoms with Crippen LogP contribution in [0.2, 0.25) is 5.02 Å². The number of carbonyl (C=O) groups is 1. The fourth-order valence-electron chi connectivity index (χ4n) is 7.11. The molecule has 1 unspecified atom stereocenters. The number of rotatable bonds is 15. The lowest BCUT2D eigenvalue weighted by molar-refractivity contribution is -0.144. The summed E-state index contributed by atoms with van der Waals surface area (Å²) in [5.41, 5.74) is 1.94. The fourth-order valence-corrected chi connectivity index (χ4v) is 8.04. The van der Waals surface area contributed by atoms with Gasteiger partial charge in [-0.1, -0.05) is 83.7 Å². The number of ether oxygens (including phenoxy) is 3. The zero-order chi connectivity index (χ0) is 37.4. The summed E-state index contributed by atoms with van der Waals surface area (Å²) in [4.78, 5) is 20.4. The van der Waals surface area contributed by atoms with Gasteiger partial charge in [-0.3, -0.25) is 14.7 Å². The molecule has 280 valence electrons. The van der Waals surface area contributed by atoms with Crippen LogP contribution >= 0.6 is 34.8 Å². The summed E-state index contributed by atoms with van der Waals surface area (Å²) in [7, 11) is 0. The van der Waals surface area contributed by atoms with Crippen molar-refractivity contribution >= 4 is 46.3 Å². The van der Waals surface area contributed by atoms with Crippen LogP contribution in [0.15, 0.2) is 79.2 Å². The van der Waals surface area contributed by atoms with Gasteiger partial charge in [-0.2, -0.15) is 5.26 Å². The van der Waals surface area contributed by atoms with Crippen LogP contribution in [0.5, 0.6) is 11.5 Å². The number of piperidine rings is 1. The number of benzene rings is 2. The number of allylic oxidation sites excluding steroid dienone is 2. The third kappa shape index (κ3) is 9.35. The minimum atomic E-state index is -1.57. The molecule has 0 radical (unpaired) electrons. The van der Waals surface area contributed by atoms with Crippen LogP contribution < -0.4 is 9.47 Å². The van der Waals surface area contributed by atoms with E-state index in [4.69, 9.17) is 49.0 Å². The molecule has 2 fully saturated rings. The number of aromatic nitrogens is 1. The van der Waals surface area contributed by atoms with Crippen LogP contribution in [0.4, 0.5) is 0 Å². The molecule has 2 N–H and O–H groups in total. The van der Waals surface area contributed by atoms with Gasteiger partial charge in [-0.15, -0.1) is 0 Å². The summed E-state index contributed by atoms with van der Waals surface area (Å²) >= 11 is 21.6. The Balaban J connectivity index is 1.28. The fraction of sp³-hybridized carbons (Fsp3) is 0.425. The molecule has 1 aliphatic carbocycles. The standard InChI is InChI=1S/C40H43Cl3N4O6/c41-34-19-31(24-47-15-5-4-11-35(47)38(49)50)36(51-26-29-18-28(21-44)22-45-23-29)20-37(34)52-27-39(53-17-7-14-46-16-12-32(48)25-46)13-6-10-33(40(39,42)43)30-8-2-1-3-9-30/h1-3,6,8-10,13,18-20,22-23,32,35,48H,4-5,7,11-12,14-17,24-27H2,(H,49,50)/t32-,35+,39?/m1/s1. The first-order chi connectivity index (χ1) is 25.6. The second-order valence-corrected chi connectivity index (χ2v) is 15.4.